The summed E-state index contributed by atoms with van der Waals surface area (Å²) in [7, 11) is 2.14. The van der Waals surface area contributed by atoms with Crippen LogP contribution in [0.1, 0.15) is 17.2 Å². The first-order valence-corrected chi connectivity index (χ1v) is 8.75. The lowest BCUT2D eigenvalue weighted by Gasteiger charge is -2.35. The Morgan fingerprint density at radius 3 is 2.44 bits per heavy atom. The molecule has 2 aromatic rings. The fraction of sp³-hybridized carbons (Fsp3) is 0.400. The number of rotatable bonds is 6. The molecule has 0 radical (unpaired) electrons. The Balaban J connectivity index is 1.69. The number of likely N-dealkylation sites (N-methyl/N-ethyl adjacent to an activating group) is 1. The number of hydrogen-bond donors (Lipinski definition) is 1. The zero-order valence-corrected chi connectivity index (χ0v) is 14.6. The van der Waals surface area contributed by atoms with Gasteiger partial charge in [0, 0.05) is 50.9 Å². The van der Waals surface area contributed by atoms with E-state index in [0.29, 0.717) is 12.1 Å². The predicted octanol–water partition coefficient (Wildman–Crippen LogP) is 3.04. The summed E-state index contributed by atoms with van der Waals surface area (Å²) < 4.78 is 27.3. The number of nitrogens with one attached hydrogen (secondary N) is 1. The molecule has 3 nitrogen and oxygen atoms in total. The van der Waals surface area contributed by atoms with Gasteiger partial charge < -0.3 is 10.2 Å². The maximum absolute atomic E-state index is 13.9. The van der Waals surface area contributed by atoms with Crippen LogP contribution in [0.4, 0.5) is 8.78 Å². The number of benzene rings is 2. The second-order valence-corrected chi connectivity index (χ2v) is 6.68. The van der Waals surface area contributed by atoms with E-state index >= 15 is 0 Å². The standard InChI is InChI=1S/C20H25F2N3/c1-24-9-11-25(12-10-24)15-20(16-5-3-2-4-6-16)23-14-17-13-18(21)7-8-19(17)22/h2-8,13,20,23H,9-12,14-15H2,1H3/t20-/m1/s1. The van der Waals surface area contributed by atoms with Crippen LogP contribution in [0.3, 0.4) is 0 Å². The minimum absolute atomic E-state index is 0.0762. The highest BCUT2D eigenvalue weighted by Crippen LogP contribution is 2.17. The lowest BCUT2D eigenvalue weighted by Crippen LogP contribution is -2.47. The van der Waals surface area contributed by atoms with Crippen molar-refractivity contribution < 1.29 is 8.78 Å². The highest BCUT2D eigenvalue weighted by Gasteiger charge is 2.19. The van der Waals surface area contributed by atoms with Crippen LogP contribution in [-0.4, -0.2) is 49.6 Å². The van der Waals surface area contributed by atoms with Crippen molar-refractivity contribution in [3.63, 3.8) is 0 Å². The minimum Gasteiger partial charge on any atom is -0.305 e. The van der Waals surface area contributed by atoms with Crippen molar-refractivity contribution in [2.24, 2.45) is 0 Å². The lowest BCUT2D eigenvalue weighted by molar-refractivity contribution is 0.141. The van der Waals surface area contributed by atoms with Crippen LogP contribution in [0.5, 0.6) is 0 Å². The van der Waals surface area contributed by atoms with Gasteiger partial charge in [-0.2, -0.15) is 0 Å². The molecule has 1 aliphatic rings. The van der Waals surface area contributed by atoms with E-state index < -0.39 is 5.82 Å². The summed E-state index contributed by atoms with van der Waals surface area (Å²) >= 11 is 0. The molecule has 1 saturated heterocycles. The molecule has 5 heteroatoms. The van der Waals surface area contributed by atoms with E-state index in [9.17, 15) is 8.78 Å². The van der Waals surface area contributed by atoms with Crippen LogP contribution in [0.15, 0.2) is 48.5 Å². The van der Waals surface area contributed by atoms with Crippen LogP contribution >= 0.6 is 0 Å². The molecule has 134 valence electrons. The molecular formula is C20H25F2N3. The van der Waals surface area contributed by atoms with Crippen molar-refractivity contribution >= 4 is 0 Å². The summed E-state index contributed by atoms with van der Waals surface area (Å²) in [6.45, 7) is 5.32. The SMILES string of the molecule is CN1CCN(C[C@@H](NCc2cc(F)ccc2F)c2ccccc2)CC1. The maximum Gasteiger partial charge on any atom is 0.127 e. The number of piperazine rings is 1. The Hall–Kier alpha value is -1.82. The van der Waals surface area contributed by atoms with Gasteiger partial charge in [0.2, 0.25) is 0 Å². The van der Waals surface area contributed by atoms with Crippen LogP contribution in [-0.2, 0) is 6.54 Å². The summed E-state index contributed by atoms with van der Waals surface area (Å²) in [6.07, 6.45) is 0. The molecule has 25 heavy (non-hydrogen) atoms. The first-order valence-electron chi connectivity index (χ1n) is 8.75. The summed E-state index contributed by atoms with van der Waals surface area (Å²) in [5.74, 6) is -0.783. The predicted molar refractivity (Wildman–Crippen MR) is 96.3 cm³/mol. The third kappa shape index (κ3) is 5.08. The van der Waals surface area contributed by atoms with Gasteiger partial charge in [0.1, 0.15) is 11.6 Å². The molecule has 0 aromatic heterocycles. The van der Waals surface area contributed by atoms with Crippen molar-refractivity contribution in [2.75, 3.05) is 39.8 Å². The molecule has 1 N–H and O–H groups in total. The largest absolute Gasteiger partial charge is 0.305 e. The van der Waals surface area contributed by atoms with Crippen LogP contribution in [0, 0.1) is 11.6 Å². The summed E-state index contributed by atoms with van der Waals surface area (Å²) in [4.78, 5) is 4.75. The Kier molecular flexibility index (Phi) is 6.13. The van der Waals surface area contributed by atoms with E-state index in [0.717, 1.165) is 38.8 Å². The van der Waals surface area contributed by atoms with Gasteiger partial charge in [-0.05, 0) is 30.8 Å². The van der Waals surface area contributed by atoms with E-state index in [1.807, 2.05) is 18.2 Å². The monoisotopic (exact) mass is 345 g/mol. The normalized spacial score (nSPS) is 17.6. The van der Waals surface area contributed by atoms with E-state index in [1.54, 1.807) is 0 Å². The molecule has 1 heterocycles. The summed E-state index contributed by atoms with van der Waals surface area (Å²) in [5, 5.41) is 3.42. The molecule has 3 rings (SSSR count). The Morgan fingerprint density at radius 2 is 1.72 bits per heavy atom. The van der Waals surface area contributed by atoms with Gasteiger partial charge >= 0.3 is 0 Å². The minimum atomic E-state index is -0.409. The zero-order chi connectivity index (χ0) is 17.6. The third-order valence-corrected chi connectivity index (χ3v) is 4.79. The van der Waals surface area contributed by atoms with Crippen molar-refractivity contribution in [1.29, 1.82) is 0 Å². The number of nitrogens with zero attached hydrogens (tertiary/aromatic N) is 2. The first-order chi connectivity index (χ1) is 12.1. The Morgan fingerprint density at radius 1 is 1.00 bits per heavy atom. The Labute approximate surface area is 148 Å². The third-order valence-electron chi connectivity index (χ3n) is 4.79. The highest BCUT2D eigenvalue weighted by atomic mass is 19.1. The highest BCUT2D eigenvalue weighted by molar-refractivity contribution is 5.22. The molecule has 0 bridgehead atoms. The topological polar surface area (TPSA) is 18.5 Å². The van der Waals surface area contributed by atoms with Crippen molar-refractivity contribution in [2.45, 2.75) is 12.6 Å². The van der Waals surface area contributed by atoms with E-state index in [1.165, 1.54) is 17.7 Å². The van der Waals surface area contributed by atoms with Crippen LogP contribution in [0.2, 0.25) is 0 Å². The average Bonchev–Trinajstić information content (AvgIpc) is 2.63. The van der Waals surface area contributed by atoms with Gasteiger partial charge in [-0.15, -0.1) is 0 Å². The number of hydrogen-bond acceptors (Lipinski definition) is 3. The fourth-order valence-corrected chi connectivity index (χ4v) is 3.17. The van der Waals surface area contributed by atoms with Gasteiger partial charge in [-0.25, -0.2) is 8.78 Å². The van der Waals surface area contributed by atoms with E-state index in [-0.39, 0.29) is 11.9 Å². The summed E-state index contributed by atoms with van der Waals surface area (Å²) in [5.41, 5.74) is 1.53. The van der Waals surface area contributed by atoms with Gasteiger partial charge in [0.15, 0.2) is 0 Å². The first kappa shape index (κ1) is 18.0. The quantitative estimate of drug-likeness (QED) is 0.868. The summed E-state index contributed by atoms with van der Waals surface area (Å²) in [6, 6.07) is 13.8. The molecule has 0 aliphatic carbocycles. The Bertz CT molecular complexity index is 670. The smallest absolute Gasteiger partial charge is 0.127 e. The maximum atomic E-state index is 13.9. The van der Waals surface area contributed by atoms with Crippen molar-refractivity contribution in [3.05, 3.63) is 71.3 Å². The molecule has 1 atom stereocenters. The van der Waals surface area contributed by atoms with E-state index in [2.05, 4.69) is 34.3 Å². The fourth-order valence-electron chi connectivity index (χ4n) is 3.17. The average molecular weight is 345 g/mol. The van der Waals surface area contributed by atoms with Gasteiger partial charge in [-0.1, -0.05) is 30.3 Å². The molecule has 2 aromatic carbocycles. The molecule has 0 amide bonds. The zero-order valence-electron chi connectivity index (χ0n) is 14.6. The molecule has 0 unspecified atom stereocenters. The molecule has 0 spiro atoms. The van der Waals surface area contributed by atoms with Gasteiger partial charge in [0.05, 0.1) is 0 Å². The van der Waals surface area contributed by atoms with E-state index in [4.69, 9.17) is 0 Å². The van der Waals surface area contributed by atoms with Crippen LogP contribution < -0.4 is 5.32 Å². The molecule has 1 fully saturated rings. The van der Waals surface area contributed by atoms with Crippen LogP contribution in [0.25, 0.3) is 0 Å². The van der Waals surface area contributed by atoms with Crippen molar-refractivity contribution in [3.8, 4) is 0 Å². The van der Waals surface area contributed by atoms with Gasteiger partial charge in [0.25, 0.3) is 0 Å². The second-order valence-electron chi connectivity index (χ2n) is 6.68. The van der Waals surface area contributed by atoms with Crippen molar-refractivity contribution in [1.82, 2.24) is 15.1 Å². The lowest BCUT2D eigenvalue weighted by atomic mass is 10.1. The number of halogens is 2. The molecule has 0 saturated carbocycles. The molecular weight excluding hydrogens is 320 g/mol. The second kappa shape index (κ2) is 8.52. The molecule has 1 aliphatic heterocycles. The van der Waals surface area contributed by atoms with Gasteiger partial charge in [-0.3, -0.25) is 4.90 Å².